The Labute approximate surface area is 130 Å². The number of nitriles is 1. The van der Waals surface area contributed by atoms with Crippen LogP contribution in [-0.2, 0) is 6.54 Å². The lowest BCUT2D eigenvalue weighted by Gasteiger charge is -2.10. The zero-order chi connectivity index (χ0) is 15.4. The molecular formula is C14H9Cl2N3O2. The molecule has 21 heavy (non-hydrogen) atoms. The van der Waals surface area contributed by atoms with Gasteiger partial charge >= 0.3 is 0 Å². The SMILES string of the molecule is N#Cc1ccc(Cl)c(NCc2ccc([N+](=O)[O-])cc2Cl)c1. The number of hydrogen-bond acceptors (Lipinski definition) is 4. The topological polar surface area (TPSA) is 79.0 Å². The van der Waals surface area contributed by atoms with Crippen LogP contribution in [0.4, 0.5) is 11.4 Å². The minimum absolute atomic E-state index is 0.0618. The number of nitro groups is 1. The van der Waals surface area contributed by atoms with E-state index < -0.39 is 4.92 Å². The van der Waals surface area contributed by atoms with Gasteiger partial charge in [0.05, 0.1) is 32.3 Å². The van der Waals surface area contributed by atoms with E-state index in [4.69, 9.17) is 28.5 Å². The molecule has 5 nitrogen and oxygen atoms in total. The zero-order valence-electron chi connectivity index (χ0n) is 10.6. The second kappa shape index (κ2) is 6.44. The van der Waals surface area contributed by atoms with Crippen LogP contribution in [0.25, 0.3) is 0 Å². The van der Waals surface area contributed by atoms with Crippen molar-refractivity contribution in [1.82, 2.24) is 0 Å². The van der Waals surface area contributed by atoms with Gasteiger partial charge in [0, 0.05) is 18.7 Å². The highest BCUT2D eigenvalue weighted by Crippen LogP contribution is 2.26. The average Bonchev–Trinajstić information content (AvgIpc) is 2.47. The van der Waals surface area contributed by atoms with Crippen LogP contribution in [0.3, 0.4) is 0 Å². The van der Waals surface area contributed by atoms with Crippen LogP contribution in [0.5, 0.6) is 0 Å². The third-order valence-corrected chi connectivity index (χ3v) is 3.49. The first-order chi connectivity index (χ1) is 10.0. The minimum atomic E-state index is -0.504. The van der Waals surface area contributed by atoms with Crippen LogP contribution in [-0.4, -0.2) is 4.92 Å². The van der Waals surface area contributed by atoms with Gasteiger partial charge < -0.3 is 5.32 Å². The summed E-state index contributed by atoms with van der Waals surface area (Å²) in [6.07, 6.45) is 0. The molecule has 106 valence electrons. The van der Waals surface area contributed by atoms with Gasteiger partial charge in [-0.05, 0) is 29.8 Å². The fourth-order valence-corrected chi connectivity index (χ4v) is 2.14. The van der Waals surface area contributed by atoms with Crippen LogP contribution in [0.1, 0.15) is 11.1 Å². The van der Waals surface area contributed by atoms with Gasteiger partial charge in [-0.1, -0.05) is 23.2 Å². The normalized spacial score (nSPS) is 9.95. The molecule has 0 aliphatic rings. The fourth-order valence-electron chi connectivity index (χ4n) is 1.71. The molecule has 2 aromatic carbocycles. The summed E-state index contributed by atoms with van der Waals surface area (Å²) >= 11 is 12.0. The second-order valence-electron chi connectivity index (χ2n) is 4.19. The quantitative estimate of drug-likeness (QED) is 0.669. The molecule has 0 unspecified atom stereocenters. The first kappa shape index (κ1) is 15.1. The number of non-ortho nitro benzene ring substituents is 1. The summed E-state index contributed by atoms with van der Waals surface area (Å²) in [4.78, 5) is 10.1. The monoisotopic (exact) mass is 321 g/mol. The van der Waals surface area contributed by atoms with Crippen molar-refractivity contribution in [2.75, 3.05) is 5.32 Å². The van der Waals surface area contributed by atoms with Gasteiger partial charge in [0.2, 0.25) is 0 Å². The smallest absolute Gasteiger partial charge is 0.270 e. The molecule has 2 rings (SSSR count). The molecule has 0 saturated carbocycles. The molecule has 0 spiro atoms. The molecule has 1 N–H and O–H groups in total. The Balaban J connectivity index is 2.17. The number of benzene rings is 2. The van der Waals surface area contributed by atoms with Crippen LogP contribution >= 0.6 is 23.2 Å². The molecule has 0 radical (unpaired) electrons. The number of nitrogens with zero attached hydrogens (tertiary/aromatic N) is 2. The van der Waals surface area contributed by atoms with E-state index in [1.54, 1.807) is 24.3 Å². The van der Waals surface area contributed by atoms with E-state index in [0.717, 1.165) is 0 Å². The predicted octanol–water partition coefficient (Wildman–Crippen LogP) is 4.39. The third kappa shape index (κ3) is 3.63. The van der Waals surface area contributed by atoms with Crippen molar-refractivity contribution in [3.63, 3.8) is 0 Å². The number of rotatable bonds is 4. The molecule has 0 heterocycles. The first-order valence-electron chi connectivity index (χ1n) is 5.87. The standard InChI is InChI=1S/C14H9Cl2N3O2/c15-12-4-1-9(7-17)5-14(12)18-8-10-2-3-11(19(20)21)6-13(10)16/h1-6,18H,8H2. The molecule has 0 aromatic heterocycles. The lowest BCUT2D eigenvalue weighted by Crippen LogP contribution is -2.01. The van der Waals surface area contributed by atoms with Gasteiger partial charge in [-0.2, -0.15) is 5.26 Å². The summed E-state index contributed by atoms with van der Waals surface area (Å²) in [5, 5.41) is 23.3. The summed E-state index contributed by atoms with van der Waals surface area (Å²) in [5.41, 5.74) is 1.72. The molecule has 2 aromatic rings. The van der Waals surface area contributed by atoms with Gasteiger partial charge in [-0.3, -0.25) is 10.1 Å². The number of nitro benzene ring substituents is 1. The van der Waals surface area contributed by atoms with E-state index in [2.05, 4.69) is 5.32 Å². The first-order valence-corrected chi connectivity index (χ1v) is 6.63. The van der Waals surface area contributed by atoms with Gasteiger partial charge in [0.15, 0.2) is 0 Å². The summed E-state index contributed by atoms with van der Waals surface area (Å²) in [6, 6.07) is 11.2. The Kier molecular flexibility index (Phi) is 4.63. The molecule has 0 bridgehead atoms. The second-order valence-corrected chi connectivity index (χ2v) is 5.01. The largest absolute Gasteiger partial charge is 0.380 e. The Bertz CT molecular complexity index is 741. The van der Waals surface area contributed by atoms with E-state index in [-0.39, 0.29) is 5.69 Å². The molecule has 0 aliphatic heterocycles. The van der Waals surface area contributed by atoms with Crippen LogP contribution in [0.15, 0.2) is 36.4 Å². The maximum Gasteiger partial charge on any atom is 0.270 e. The van der Waals surface area contributed by atoms with Crippen molar-refractivity contribution in [3.8, 4) is 6.07 Å². The predicted molar refractivity (Wildman–Crippen MR) is 81.6 cm³/mol. The summed E-state index contributed by atoms with van der Waals surface area (Å²) < 4.78 is 0. The number of hydrogen-bond donors (Lipinski definition) is 1. The molecule has 0 aliphatic carbocycles. The van der Waals surface area contributed by atoms with Crippen LogP contribution in [0.2, 0.25) is 10.0 Å². The van der Waals surface area contributed by atoms with Crippen molar-refractivity contribution < 1.29 is 4.92 Å². The van der Waals surface area contributed by atoms with Crippen LogP contribution in [0, 0.1) is 21.4 Å². The molecule has 0 amide bonds. The van der Waals surface area contributed by atoms with E-state index >= 15 is 0 Å². The summed E-state index contributed by atoms with van der Waals surface area (Å²) in [5.74, 6) is 0. The van der Waals surface area contributed by atoms with Crippen LogP contribution < -0.4 is 5.32 Å². The molecule has 7 heteroatoms. The Hall–Kier alpha value is -2.29. The Morgan fingerprint density at radius 2 is 1.95 bits per heavy atom. The minimum Gasteiger partial charge on any atom is -0.380 e. The highest BCUT2D eigenvalue weighted by Gasteiger charge is 2.10. The van der Waals surface area contributed by atoms with E-state index in [1.807, 2.05) is 6.07 Å². The van der Waals surface area contributed by atoms with Crippen molar-refractivity contribution in [2.45, 2.75) is 6.54 Å². The van der Waals surface area contributed by atoms with Gasteiger partial charge in [-0.25, -0.2) is 0 Å². The zero-order valence-corrected chi connectivity index (χ0v) is 12.1. The lowest BCUT2D eigenvalue weighted by molar-refractivity contribution is -0.384. The number of nitrogens with one attached hydrogen (secondary N) is 1. The van der Waals surface area contributed by atoms with E-state index in [1.165, 1.54) is 12.1 Å². The van der Waals surface area contributed by atoms with Gasteiger partial charge in [0.25, 0.3) is 5.69 Å². The van der Waals surface area contributed by atoms with Crippen molar-refractivity contribution in [3.05, 3.63) is 67.7 Å². The number of halogens is 2. The average molecular weight is 322 g/mol. The van der Waals surface area contributed by atoms with Gasteiger partial charge in [-0.15, -0.1) is 0 Å². The van der Waals surface area contributed by atoms with E-state index in [9.17, 15) is 10.1 Å². The van der Waals surface area contributed by atoms with Crippen molar-refractivity contribution in [1.29, 1.82) is 5.26 Å². The molecule has 0 saturated heterocycles. The van der Waals surface area contributed by atoms with Crippen molar-refractivity contribution in [2.24, 2.45) is 0 Å². The third-order valence-electron chi connectivity index (χ3n) is 2.81. The highest BCUT2D eigenvalue weighted by molar-refractivity contribution is 6.33. The maximum atomic E-state index is 10.6. The Morgan fingerprint density at radius 3 is 2.57 bits per heavy atom. The van der Waals surface area contributed by atoms with Gasteiger partial charge in [0.1, 0.15) is 0 Å². The fraction of sp³-hybridized carbons (Fsp3) is 0.0714. The molecular weight excluding hydrogens is 313 g/mol. The van der Waals surface area contributed by atoms with Crippen molar-refractivity contribution >= 4 is 34.6 Å². The number of anilines is 1. The summed E-state index contributed by atoms with van der Waals surface area (Å²) in [7, 11) is 0. The molecule has 0 fully saturated rings. The summed E-state index contributed by atoms with van der Waals surface area (Å²) in [6.45, 7) is 0.339. The Morgan fingerprint density at radius 1 is 1.19 bits per heavy atom. The lowest BCUT2D eigenvalue weighted by atomic mass is 10.2. The molecule has 0 atom stereocenters. The highest BCUT2D eigenvalue weighted by atomic mass is 35.5. The van der Waals surface area contributed by atoms with E-state index in [0.29, 0.717) is 33.4 Å². The maximum absolute atomic E-state index is 10.6.